The van der Waals surface area contributed by atoms with Crippen molar-refractivity contribution in [2.45, 2.75) is 26.1 Å². The van der Waals surface area contributed by atoms with Gasteiger partial charge in [0.05, 0.1) is 11.7 Å². The molecule has 0 radical (unpaired) electrons. The fourth-order valence-corrected chi connectivity index (χ4v) is 1.83. The molecule has 2 N–H and O–H groups in total. The van der Waals surface area contributed by atoms with Crippen LogP contribution in [-0.2, 0) is 15.7 Å². The summed E-state index contributed by atoms with van der Waals surface area (Å²) < 4.78 is 44.5. The maximum absolute atomic E-state index is 12.8. The summed E-state index contributed by atoms with van der Waals surface area (Å²) in [6, 6.07) is 3.08. The SMILES string of the molecule is CC(C)OC(=O)C=Cn1cnc(-c2cc(N)cc(C(F)(F)F)c2)n1. The number of carbonyl (C=O) groups is 1. The monoisotopic (exact) mass is 340 g/mol. The molecule has 0 aliphatic heterocycles. The average molecular weight is 340 g/mol. The number of hydrogen-bond donors (Lipinski definition) is 1. The van der Waals surface area contributed by atoms with Gasteiger partial charge in [-0.05, 0) is 32.0 Å². The molecule has 1 aromatic heterocycles. The molecular weight excluding hydrogens is 325 g/mol. The third kappa shape index (κ3) is 4.58. The standard InChI is InChI=1S/C15H15F3N4O2/c1-9(2)24-13(23)3-4-22-8-20-14(21-22)10-5-11(15(16,17)18)7-12(19)6-10/h3-9H,19H2,1-2H3. The van der Waals surface area contributed by atoms with Gasteiger partial charge in [0.2, 0.25) is 0 Å². The van der Waals surface area contributed by atoms with Gasteiger partial charge in [0.15, 0.2) is 5.82 Å². The lowest BCUT2D eigenvalue weighted by atomic mass is 10.1. The maximum Gasteiger partial charge on any atom is 0.416 e. The molecule has 9 heteroatoms. The fourth-order valence-electron chi connectivity index (χ4n) is 1.83. The predicted molar refractivity (Wildman–Crippen MR) is 81.4 cm³/mol. The maximum atomic E-state index is 12.8. The van der Waals surface area contributed by atoms with Crippen LogP contribution in [0.1, 0.15) is 19.4 Å². The Kier molecular flexibility index (Phi) is 4.91. The first-order chi connectivity index (χ1) is 11.1. The molecule has 0 amide bonds. The van der Waals surface area contributed by atoms with Gasteiger partial charge in [-0.15, -0.1) is 5.10 Å². The van der Waals surface area contributed by atoms with E-state index >= 15 is 0 Å². The molecular formula is C15H15F3N4O2. The molecule has 1 heterocycles. The van der Waals surface area contributed by atoms with E-state index in [2.05, 4.69) is 10.1 Å². The van der Waals surface area contributed by atoms with Crippen molar-refractivity contribution in [3.8, 4) is 11.4 Å². The molecule has 0 fully saturated rings. The number of alkyl halides is 3. The number of nitrogens with two attached hydrogens (primary N) is 1. The second kappa shape index (κ2) is 6.73. The first-order valence-corrected chi connectivity index (χ1v) is 6.93. The minimum Gasteiger partial charge on any atom is -0.460 e. The fraction of sp³-hybridized carbons (Fsp3) is 0.267. The zero-order chi connectivity index (χ0) is 17.9. The number of esters is 1. The van der Waals surface area contributed by atoms with Gasteiger partial charge in [0.1, 0.15) is 6.33 Å². The first kappa shape index (κ1) is 17.5. The van der Waals surface area contributed by atoms with E-state index in [0.717, 1.165) is 18.2 Å². The highest BCUT2D eigenvalue weighted by molar-refractivity contribution is 5.85. The van der Waals surface area contributed by atoms with Crippen molar-refractivity contribution >= 4 is 17.9 Å². The lowest BCUT2D eigenvalue weighted by Crippen LogP contribution is -2.08. The summed E-state index contributed by atoms with van der Waals surface area (Å²) in [5.41, 5.74) is 4.70. The third-order valence-electron chi connectivity index (χ3n) is 2.76. The summed E-state index contributed by atoms with van der Waals surface area (Å²) in [5.74, 6) is -0.514. The quantitative estimate of drug-likeness (QED) is 0.526. The van der Waals surface area contributed by atoms with E-state index < -0.39 is 17.7 Å². The van der Waals surface area contributed by atoms with E-state index in [1.165, 1.54) is 23.3 Å². The Morgan fingerprint density at radius 1 is 1.33 bits per heavy atom. The van der Waals surface area contributed by atoms with E-state index in [1.807, 2.05) is 0 Å². The Balaban J connectivity index is 2.23. The molecule has 128 valence electrons. The van der Waals surface area contributed by atoms with Crippen molar-refractivity contribution in [2.75, 3.05) is 5.73 Å². The summed E-state index contributed by atoms with van der Waals surface area (Å²) in [6.45, 7) is 3.41. The highest BCUT2D eigenvalue weighted by atomic mass is 19.4. The van der Waals surface area contributed by atoms with Crippen LogP contribution in [0.15, 0.2) is 30.6 Å². The molecule has 6 nitrogen and oxygen atoms in total. The number of hydrogen-bond acceptors (Lipinski definition) is 5. The number of nitrogens with zero attached hydrogens (tertiary/aromatic N) is 3. The summed E-state index contributed by atoms with van der Waals surface area (Å²) in [7, 11) is 0. The average Bonchev–Trinajstić information content (AvgIpc) is 2.91. The molecule has 0 spiro atoms. The van der Waals surface area contributed by atoms with Crippen LogP contribution < -0.4 is 5.73 Å². The Bertz CT molecular complexity index is 766. The molecule has 0 saturated heterocycles. The van der Waals surface area contributed by atoms with Gasteiger partial charge in [-0.25, -0.2) is 14.5 Å². The molecule has 24 heavy (non-hydrogen) atoms. The van der Waals surface area contributed by atoms with Crippen molar-refractivity contribution in [1.82, 2.24) is 14.8 Å². The van der Waals surface area contributed by atoms with E-state index in [4.69, 9.17) is 10.5 Å². The number of anilines is 1. The van der Waals surface area contributed by atoms with Gasteiger partial charge in [-0.1, -0.05) is 0 Å². The number of ether oxygens (including phenoxy) is 1. The van der Waals surface area contributed by atoms with E-state index in [9.17, 15) is 18.0 Å². The predicted octanol–water partition coefficient (Wildman–Crippen LogP) is 2.97. The van der Waals surface area contributed by atoms with Crippen LogP contribution in [0.2, 0.25) is 0 Å². The summed E-state index contributed by atoms with van der Waals surface area (Å²) in [6.07, 6.45) is -1.10. The van der Waals surface area contributed by atoms with E-state index in [-0.39, 0.29) is 23.2 Å². The van der Waals surface area contributed by atoms with Crippen molar-refractivity contribution < 1.29 is 22.7 Å². The lowest BCUT2D eigenvalue weighted by Gasteiger charge is -2.08. The number of halogens is 3. The first-order valence-electron chi connectivity index (χ1n) is 6.93. The van der Waals surface area contributed by atoms with Crippen LogP contribution in [0.3, 0.4) is 0 Å². The second-order valence-electron chi connectivity index (χ2n) is 5.19. The van der Waals surface area contributed by atoms with Crippen LogP contribution in [0, 0.1) is 0 Å². The van der Waals surface area contributed by atoms with Gasteiger partial charge in [-0.2, -0.15) is 13.2 Å². The summed E-state index contributed by atoms with van der Waals surface area (Å²) in [4.78, 5) is 15.3. The zero-order valence-electron chi connectivity index (χ0n) is 12.9. The largest absolute Gasteiger partial charge is 0.460 e. The topological polar surface area (TPSA) is 83.0 Å². The molecule has 0 saturated carbocycles. The molecule has 1 aromatic carbocycles. The van der Waals surface area contributed by atoms with Crippen molar-refractivity contribution in [3.63, 3.8) is 0 Å². The Morgan fingerprint density at radius 2 is 2.04 bits per heavy atom. The molecule has 2 rings (SSSR count). The molecule has 0 unspecified atom stereocenters. The van der Waals surface area contributed by atoms with E-state index in [1.54, 1.807) is 13.8 Å². The van der Waals surface area contributed by atoms with Gasteiger partial charge in [0, 0.05) is 23.5 Å². The minimum atomic E-state index is -4.52. The van der Waals surface area contributed by atoms with Crippen molar-refractivity contribution in [1.29, 1.82) is 0 Å². The zero-order valence-corrected chi connectivity index (χ0v) is 12.9. The van der Waals surface area contributed by atoms with Crippen LogP contribution in [0.4, 0.5) is 18.9 Å². The molecule has 0 atom stereocenters. The van der Waals surface area contributed by atoms with Gasteiger partial charge < -0.3 is 10.5 Å². The van der Waals surface area contributed by atoms with E-state index in [0.29, 0.717) is 0 Å². The van der Waals surface area contributed by atoms with Crippen LogP contribution in [-0.4, -0.2) is 26.8 Å². The number of carbonyl (C=O) groups excluding carboxylic acids is 1. The number of rotatable bonds is 4. The van der Waals surface area contributed by atoms with Gasteiger partial charge in [-0.3, -0.25) is 0 Å². The Hall–Kier alpha value is -2.84. The summed E-state index contributed by atoms with van der Waals surface area (Å²) >= 11 is 0. The molecule has 0 aliphatic carbocycles. The van der Waals surface area contributed by atoms with Crippen molar-refractivity contribution in [3.05, 3.63) is 36.2 Å². The number of aromatic nitrogens is 3. The van der Waals surface area contributed by atoms with Crippen molar-refractivity contribution in [2.24, 2.45) is 0 Å². The highest BCUT2D eigenvalue weighted by Gasteiger charge is 2.31. The van der Waals surface area contributed by atoms with Gasteiger partial charge >= 0.3 is 12.1 Å². The smallest absolute Gasteiger partial charge is 0.416 e. The lowest BCUT2D eigenvalue weighted by molar-refractivity contribution is -0.141. The summed E-state index contributed by atoms with van der Waals surface area (Å²) in [5, 5.41) is 3.98. The van der Waals surface area contributed by atoms with Crippen LogP contribution >= 0.6 is 0 Å². The highest BCUT2D eigenvalue weighted by Crippen LogP contribution is 2.33. The minimum absolute atomic E-state index is 0.0489. The number of nitrogen functional groups attached to an aromatic ring is 1. The molecule has 0 bridgehead atoms. The molecule has 0 aliphatic rings. The van der Waals surface area contributed by atoms with Crippen LogP contribution in [0.25, 0.3) is 17.6 Å². The number of benzene rings is 1. The normalized spacial score (nSPS) is 12.1. The molecule has 2 aromatic rings. The Morgan fingerprint density at radius 3 is 2.67 bits per heavy atom. The third-order valence-corrected chi connectivity index (χ3v) is 2.76. The second-order valence-corrected chi connectivity index (χ2v) is 5.19. The Labute approximate surface area is 135 Å². The van der Waals surface area contributed by atoms with Gasteiger partial charge in [0.25, 0.3) is 0 Å². The van der Waals surface area contributed by atoms with Crippen LogP contribution in [0.5, 0.6) is 0 Å².